The lowest BCUT2D eigenvalue weighted by atomic mass is 10.1. The lowest BCUT2D eigenvalue weighted by Crippen LogP contribution is -2.38. The van der Waals surface area contributed by atoms with Crippen molar-refractivity contribution in [2.75, 3.05) is 4.90 Å². The molecule has 1 aliphatic rings. The van der Waals surface area contributed by atoms with Crippen LogP contribution >= 0.6 is 15.9 Å². The monoisotopic (exact) mass is 396 g/mol. The molecule has 0 bridgehead atoms. The molecule has 0 unspecified atom stereocenters. The molecule has 5 heteroatoms. The minimum Gasteiger partial charge on any atom is -0.338 e. The number of rotatable bonds is 2. The predicted molar refractivity (Wildman–Crippen MR) is 103 cm³/mol. The van der Waals surface area contributed by atoms with Crippen molar-refractivity contribution in [1.82, 2.24) is 4.57 Å². The number of aromatic nitrogens is 1. The van der Waals surface area contributed by atoms with E-state index in [0.29, 0.717) is 5.39 Å². The third-order valence-electron chi connectivity index (χ3n) is 4.72. The van der Waals surface area contributed by atoms with Gasteiger partial charge in [-0.1, -0.05) is 34.1 Å². The molecule has 0 saturated carbocycles. The third kappa shape index (κ3) is 2.78. The van der Waals surface area contributed by atoms with Crippen LogP contribution < -0.4 is 10.3 Å². The van der Waals surface area contributed by atoms with Crippen molar-refractivity contribution in [3.63, 3.8) is 0 Å². The van der Waals surface area contributed by atoms with Crippen LogP contribution in [0, 0.1) is 0 Å². The fourth-order valence-electron chi connectivity index (χ4n) is 3.59. The van der Waals surface area contributed by atoms with Gasteiger partial charge in [0.1, 0.15) is 6.54 Å². The molecule has 1 amide bonds. The second-order valence-electron chi connectivity index (χ2n) is 6.41. The fourth-order valence-corrected chi connectivity index (χ4v) is 3.95. The molecule has 4 rings (SSSR count). The van der Waals surface area contributed by atoms with Gasteiger partial charge in [-0.3, -0.25) is 9.59 Å². The number of nitrogens with zero attached hydrogens (tertiary/aromatic N) is 2. The van der Waals surface area contributed by atoms with E-state index in [2.05, 4.69) is 28.9 Å². The molecule has 2 aromatic carbocycles. The zero-order chi connectivity index (χ0) is 17.6. The summed E-state index contributed by atoms with van der Waals surface area (Å²) in [6.07, 6.45) is 2.57. The van der Waals surface area contributed by atoms with Crippen LogP contribution in [0.5, 0.6) is 0 Å². The van der Waals surface area contributed by atoms with Gasteiger partial charge in [-0.2, -0.15) is 0 Å². The summed E-state index contributed by atoms with van der Waals surface area (Å²) < 4.78 is 2.70. The Morgan fingerprint density at radius 2 is 2.00 bits per heavy atom. The van der Waals surface area contributed by atoms with Gasteiger partial charge in [0.2, 0.25) is 5.91 Å². The highest BCUT2D eigenvalue weighted by Crippen LogP contribution is 2.32. The van der Waals surface area contributed by atoms with Crippen molar-refractivity contribution in [2.45, 2.75) is 25.9 Å². The van der Waals surface area contributed by atoms with E-state index in [1.807, 2.05) is 39.8 Å². The maximum Gasteiger partial charge on any atom is 0.247 e. The van der Waals surface area contributed by atoms with E-state index in [0.717, 1.165) is 22.1 Å². The summed E-state index contributed by atoms with van der Waals surface area (Å²) in [7, 11) is 0. The highest BCUT2D eigenvalue weighted by atomic mass is 79.9. The summed E-state index contributed by atoms with van der Waals surface area (Å²) in [6.45, 7) is 2.27. The van der Waals surface area contributed by atoms with Crippen LogP contribution in [0.25, 0.3) is 10.9 Å². The highest BCUT2D eigenvalue weighted by Gasteiger charge is 2.30. The zero-order valence-corrected chi connectivity index (χ0v) is 15.4. The average molecular weight is 397 g/mol. The second kappa shape index (κ2) is 6.15. The number of amides is 1. The van der Waals surface area contributed by atoms with Gasteiger partial charge in [-0.25, -0.2) is 0 Å². The van der Waals surface area contributed by atoms with Crippen molar-refractivity contribution in [2.24, 2.45) is 0 Å². The van der Waals surface area contributed by atoms with Crippen molar-refractivity contribution >= 4 is 38.4 Å². The van der Waals surface area contributed by atoms with Gasteiger partial charge in [0.05, 0.1) is 5.52 Å². The first-order chi connectivity index (χ1) is 12.0. The highest BCUT2D eigenvalue weighted by molar-refractivity contribution is 9.10. The number of para-hydroxylation sites is 1. The number of hydrogen-bond donors (Lipinski definition) is 0. The van der Waals surface area contributed by atoms with Crippen LogP contribution in [0.2, 0.25) is 0 Å². The zero-order valence-electron chi connectivity index (χ0n) is 13.8. The molecule has 0 saturated heterocycles. The summed E-state index contributed by atoms with van der Waals surface area (Å²) in [5, 5.41) is 0.611. The van der Waals surface area contributed by atoms with Gasteiger partial charge in [0.15, 0.2) is 5.43 Å². The van der Waals surface area contributed by atoms with Gasteiger partial charge in [-0.15, -0.1) is 0 Å². The molecule has 126 valence electrons. The first kappa shape index (κ1) is 16.1. The average Bonchev–Trinajstić information content (AvgIpc) is 2.93. The summed E-state index contributed by atoms with van der Waals surface area (Å²) in [4.78, 5) is 27.0. The van der Waals surface area contributed by atoms with Crippen LogP contribution in [-0.4, -0.2) is 16.5 Å². The fraction of sp³-hybridized carbons (Fsp3) is 0.200. The topological polar surface area (TPSA) is 42.3 Å². The molecule has 3 aromatic rings. The lowest BCUT2D eigenvalue weighted by molar-refractivity contribution is -0.119. The molecular formula is C20H17BrN2O2. The van der Waals surface area contributed by atoms with Crippen LogP contribution in [0.4, 0.5) is 5.69 Å². The summed E-state index contributed by atoms with van der Waals surface area (Å²) in [5.41, 5.74) is 2.93. The molecule has 0 fully saturated rings. The van der Waals surface area contributed by atoms with Crippen molar-refractivity contribution < 1.29 is 4.79 Å². The normalized spacial score (nSPS) is 16.2. The van der Waals surface area contributed by atoms with Crippen LogP contribution in [0.1, 0.15) is 12.5 Å². The van der Waals surface area contributed by atoms with Crippen LogP contribution in [-0.2, 0) is 17.8 Å². The number of hydrogen-bond acceptors (Lipinski definition) is 2. The molecule has 0 spiro atoms. The molecule has 1 aromatic heterocycles. The Morgan fingerprint density at radius 3 is 2.84 bits per heavy atom. The van der Waals surface area contributed by atoms with Gasteiger partial charge in [0.25, 0.3) is 0 Å². The first-order valence-electron chi connectivity index (χ1n) is 8.23. The van der Waals surface area contributed by atoms with Gasteiger partial charge >= 0.3 is 0 Å². The minimum atomic E-state index is -0.0418. The smallest absolute Gasteiger partial charge is 0.247 e. The maximum atomic E-state index is 13.0. The Kier molecular flexibility index (Phi) is 3.96. The van der Waals surface area contributed by atoms with E-state index in [4.69, 9.17) is 0 Å². The molecule has 0 aliphatic carbocycles. The molecule has 25 heavy (non-hydrogen) atoms. The summed E-state index contributed by atoms with van der Waals surface area (Å²) in [6, 6.07) is 15.3. The SMILES string of the molecule is C[C@@H]1Cc2ccccc2N1C(=O)Cn1ccc(=O)c2cc(Br)ccc21. The Morgan fingerprint density at radius 1 is 1.20 bits per heavy atom. The number of fused-ring (bicyclic) bond motifs is 2. The van der Waals surface area contributed by atoms with E-state index in [9.17, 15) is 9.59 Å². The van der Waals surface area contributed by atoms with Gasteiger partial charge in [0, 0.05) is 33.9 Å². The molecule has 0 radical (unpaired) electrons. The van der Waals surface area contributed by atoms with E-state index >= 15 is 0 Å². The van der Waals surface area contributed by atoms with Crippen molar-refractivity contribution in [1.29, 1.82) is 0 Å². The molecule has 1 aliphatic heterocycles. The third-order valence-corrected chi connectivity index (χ3v) is 5.21. The Bertz CT molecular complexity index is 1040. The number of pyridine rings is 1. The Balaban J connectivity index is 1.72. The molecule has 0 N–H and O–H groups in total. The number of anilines is 1. The largest absolute Gasteiger partial charge is 0.338 e. The van der Waals surface area contributed by atoms with E-state index < -0.39 is 0 Å². The molecule has 4 nitrogen and oxygen atoms in total. The molecule has 1 atom stereocenters. The van der Waals surface area contributed by atoms with Crippen molar-refractivity contribution in [3.05, 3.63) is 75.0 Å². The quantitative estimate of drug-likeness (QED) is 0.661. The van der Waals surface area contributed by atoms with E-state index in [1.54, 1.807) is 12.3 Å². The Hall–Kier alpha value is -2.40. The standard InChI is InChI=1S/C20H17BrN2O2/c1-13-10-14-4-2-3-5-17(14)23(13)20(25)12-22-9-8-19(24)16-11-15(21)6-7-18(16)22/h2-9,11,13H,10,12H2,1H3/t13-/m1/s1. The lowest BCUT2D eigenvalue weighted by Gasteiger charge is -2.23. The van der Waals surface area contributed by atoms with Crippen molar-refractivity contribution in [3.8, 4) is 0 Å². The summed E-state index contributed by atoms with van der Waals surface area (Å²) in [5.74, 6) is 0.0327. The van der Waals surface area contributed by atoms with E-state index in [1.165, 1.54) is 11.6 Å². The van der Waals surface area contributed by atoms with E-state index in [-0.39, 0.29) is 23.9 Å². The van der Waals surface area contributed by atoms with Gasteiger partial charge in [-0.05, 0) is 43.2 Å². The first-order valence-corrected chi connectivity index (χ1v) is 9.02. The van der Waals surface area contributed by atoms with Crippen LogP contribution in [0.3, 0.4) is 0 Å². The van der Waals surface area contributed by atoms with Gasteiger partial charge < -0.3 is 9.47 Å². The number of carbonyl (C=O) groups excluding carboxylic acids is 1. The number of halogens is 1. The van der Waals surface area contributed by atoms with Crippen LogP contribution in [0.15, 0.2) is 64.0 Å². The summed E-state index contributed by atoms with van der Waals surface area (Å²) >= 11 is 3.40. The predicted octanol–water partition coefficient (Wildman–Crippen LogP) is 3.74. The minimum absolute atomic E-state index is 0.0327. The molecular weight excluding hydrogens is 380 g/mol. The number of benzene rings is 2. The second-order valence-corrected chi connectivity index (χ2v) is 7.33. The Labute approximate surface area is 153 Å². The maximum absolute atomic E-state index is 13.0. The number of carbonyl (C=O) groups is 1. The molecule has 2 heterocycles.